The van der Waals surface area contributed by atoms with Crippen LogP contribution < -0.4 is 19.7 Å². The number of hydrogen-bond acceptors (Lipinski definition) is 8. The van der Waals surface area contributed by atoms with Gasteiger partial charge in [0.15, 0.2) is 0 Å². The maximum Gasteiger partial charge on any atom is 0.261 e. The summed E-state index contributed by atoms with van der Waals surface area (Å²) in [5.74, 6) is 2.56. The highest BCUT2D eigenvalue weighted by Crippen LogP contribution is 2.25. The molecule has 3 aromatic carbocycles. The smallest absolute Gasteiger partial charge is 0.261 e. The van der Waals surface area contributed by atoms with Gasteiger partial charge in [-0.25, -0.2) is 13.4 Å². The minimum Gasteiger partial charge on any atom is -0.457 e. The Morgan fingerprint density at radius 2 is 1.49 bits per heavy atom. The van der Waals surface area contributed by atoms with Gasteiger partial charge in [0.25, 0.3) is 10.0 Å². The third kappa shape index (κ3) is 6.35. The second-order valence-electron chi connectivity index (χ2n) is 8.48. The number of anilines is 4. The van der Waals surface area contributed by atoms with Gasteiger partial charge in [0.1, 0.15) is 17.3 Å². The molecule has 0 spiro atoms. The average Bonchev–Trinajstić information content (AvgIpc) is 2.91. The Hall–Kier alpha value is -4.15. The third-order valence-electron chi connectivity index (χ3n) is 5.68. The van der Waals surface area contributed by atoms with E-state index in [1.54, 1.807) is 36.4 Å². The third-order valence-corrected chi connectivity index (χ3v) is 7.08. The molecule has 0 radical (unpaired) electrons. The van der Waals surface area contributed by atoms with Crippen LogP contribution >= 0.6 is 0 Å². The van der Waals surface area contributed by atoms with E-state index in [-0.39, 0.29) is 4.90 Å². The Kier molecular flexibility index (Phi) is 7.20. The molecule has 0 aliphatic carbocycles. The molecule has 1 aliphatic rings. The second-order valence-corrected chi connectivity index (χ2v) is 10.2. The van der Waals surface area contributed by atoms with Crippen molar-refractivity contribution < 1.29 is 17.9 Å². The lowest BCUT2D eigenvalue weighted by atomic mass is 10.3. The number of ether oxygens (including phenoxy) is 2. The van der Waals surface area contributed by atoms with Crippen LogP contribution in [0, 0.1) is 6.92 Å². The van der Waals surface area contributed by atoms with Crippen molar-refractivity contribution in [2.75, 3.05) is 41.2 Å². The molecule has 1 aliphatic heterocycles. The number of benzene rings is 3. The molecule has 0 atom stereocenters. The van der Waals surface area contributed by atoms with E-state index in [2.05, 4.69) is 24.9 Å². The maximum absolute atomic E-state index is 12.9. The van der Waals surface area contributed by atoms with Crippen LogP contribution in [0.4, 0.5) is 23.1 Å². The molecule has 37 heavy (non-hydrogen) atoms. The first-order chi connectivity index (χ1) is 17.9. The minimum atomic E-state index is -3.76. The van der Waals surface area contributed by atoms with E-state index < -0.39 is 10.0 Å². The number of nitrogens with one attached hydrogen (secondary N) is 2. The zero-order valence-corrected chi connectivity index (χ0v) is 21.1. The van der Waals surface area contributed by atoms with E-state index in [0.29, 0.717) is 36.3 Å². The Morgan fingerprint density at radius 1 is 0.838 bits per heavy atom. The summed E-state index contributed by atoms with van der Waals surface area (Å²) in [5, 5.41) is 3.20. The van der Waals surface area contributed by atoms with Crippen molar-refractivity contribution in [1.29, 1.82) is 0 Å². The fourth-order valence-electron chi connectivity index (χ4n) is 3.84. The zero-order chi connectivity index (χ0) is 25.7. The molecule has 0 saturated carbocycles. The van der Waals surface area contributed by atoms with Crippen LogP contribution in [0.2, 0.25) is 0 Å². The molecule has 1 saturated heterocycles. The van der Waals surface area contributed by atoms with E-state index in [1.807, 2.05) is 43.3 Å². The standard InChI is InChI=1S/C27H27N5O4S/c1-20-19-26(32-15-17-35-18-16-32)30-27(28-20)29-21-7-9-22(10-8-21)31-37(33,34)25-13-11-24(12-14-25)36-23-5-3-2-4-6-23/h2-14,19,31H,15-18H2,1H3,(H,28,29,30). The van der Waals surface area contributed by atoms with E-state index in [4.69, 9.17) is 9.47 Å². The van der Waals surface area contributed by atoms with Gasteiger partial charge in [0.2, 0.25) is 5.95 Å². The topological polar surface area (TPSA) is 106 Å². The molecule has 10 heteroatoms. The molecule has 2 heterocycles. The van der Waals surface area contributed by atoms with Gasteiger partial charge in [-0.05, 0) is 67.6 Å². The van der Waals surface area contributed by atoms with Crippen molar-refractivity contribution in [2.45, 2.75) is 11.8 Å². The van der Waals surface area contributed by atoms with Crippen LogP contribution in [0.1, 0.15) is 5.69 Å². The van der Waals surface area contributed by atoms with Gasteiger partial charge in [-0.3, -0.25) is 4.72 Å². The lowest BCUT2D eigenvalue weighted by Crippen LogP contribution is -2.36. The summed E-state index contributed by atoms with van der Waals surface area (Å²) >= 11 is 0. The van der Waals surface area contributed by atoms with Crippen LogP contribution in [0.25, 0.3) is 0 Å². The summed E-state index contributed by atoms with van der Waals surface area (Å²) in [5.41, 5.74) is 2.03. The van der Waals surface area contributed by atoms with Gasteiger partial charge in [-0.1, -0.05) is 18.2 Å². The molecule has 1 aromatic heterocycles. The lowest BCUT2D eigenvalue weighted by Gasteiger charge is -2.28. The van der Waals surface area contributed by atoms with Gasteiger partial charge < -0.3 is 19.7 Å². The quantitative estimate of drug-likeness (QED) is 0.338. The second kappa shape index (κ2) is 10.9. The normalized spacial score (nSPS) is 13.7. The number of nitrogens with zero attached hydrogens (tertiary/aromatic N) is 3. The minimum absolute atomic E-state index is 0.138. The first kappa shape index (κ1) is 24.5. The van der Waals surface area contributed by atoms with E-state index in [9.17, 15) is 8.42 Å². The summed E-state index contributed by atoms with van der Waals surface area (Å²) in [7, 11) is -3.76. The van der Waals surface area contributed by atoms with Gasteiger partial charge in [-0.15, -0.1) is 0 Å². The number of aryl methyl sites for hydroxylation is 1. The van der Waals surface area contributed by atoms with Crippen molar-refractivity contribution in [1.82, 2.24) is 9.97 Å². The van der Waals surface area contributed by atoms with Crippen LogP contribution in [0.5, 0.6) is 11.5 Å². The number of para-hydroxylation sites is 1. The maximum atomic E-state index is 12.9. The Morgan fingerprint density at radius 3 is 2.19 bits per heavy atom. The first-order valence-corrected chi connectivity index (χ1v) is 13.3. The summed E-state index contributed by atoms with van der Waals surface area (Å²) in [6.45, 7) is 4.85. The van der Waals surface area contributed by atoms with E-state index >= 15 is 0 Å². The number of aromatic nitrogens is 2. The van der Waals surface area contributed by atoms with Crippen molar-refractivity contribution in [3.8, 4) is 11.5 Å². The Balaban J connectivity index is 1.23. The monoisotopic (exact) mass is 517 g/mol. The van der Waals surface area contributed by atoms with Gasteiger partial charge in [-0.2, -0.15) is 4.98 Å². The van der Waals surface area contributed by atoms with Crippen LogP contribution in [0.3, 0.4) is 0 Å². The molecular formula is C27H27N5O4S. The predicted octanol–water partition coefficient (Wildman–Crippen LogP) is 4.96. The van der Waals surface area contributed by atoms with Crippen LogP contribution in [0.15, 0.2) is 89.8 Å². The van der Waals surface area contributed by atoms with Gasteiger partial charge in [0, 0.05) is 36.2 Å². The molecule has 2 N–H and O–H groups in total. The fourth-order valence-corrected chi connectivity index (χ4v) is 4.90. The first-order valence-electron chi connectivity index (χ1n) is 11.9. The molecule has 4 aromatic rings. The SMILES string of the molecule is Cc1cc(N2CCOCC2)nc(Nc2ccc(NS(=O)(=O)c3ccc(Oc4ccccc4)cc3)cc2)n1. The number of rotatable bonds is 8. The molecule has 0 unspecified atom stereocenters. The van der Waals surface area contributed by atoms with E-state index in [0.717, 1.165) is 30.3 Å². The van der Waals surface area contributed by atoms with Crippen molar-refractivity contribution >= 4 is 33.2 Å². The summed E-state index contributed by atoms with van der Waals surface area (Å²) in [6, 6.07) is 24.5. The largest absolute Gasteiger partial charge is 0.457 e. The molecular weight excluding hydrogens is 490 g/mol. The van der Waals surface area contributed by atoms with E-state index in [1.165, 1.54) is 12.1 Å². The Bertz CT molecular complexity index is 1440. The number of morpholine rings is 1. The molecule has 1 fully saturated rings. The average molecular weight is 518 g/mol. The number of hydrogen-bond donors (Lipinski definition) is 2. The van der Waals surface area contributed by atoms with Crippen molar-refractivity contribution in [2.24, 2.45) is 0 Å². The highest BCUT2D eigenvalue weighted by Gasteiger charge is 2.16. The lowest BCUT2D eigenvalue weighted by molar-refractivity contribution is 0.122. The highest BCUT2D eigenvalue weighted by molar-refractivity contribution is 7.92. The molecule has 9 nitrogen and oxygen atoms in total. The summed E-state index contributed by atoms with van der Waals surface area (Å²) < 4.78 is 39.5. The molecule has 190 valence electrons. The summed E-state index contributed by atoms with van der Waals surface area (Å²) in [4.78, 5) is 11.4. The van der Waals surface area contributed by atoms with Crippen molar-refractivity contribution in [3.05, 3.63) is 90.6 Å². The predicted molar refractivity (Wildman–Crippen MR) is 143 cm³/mol. The fraction of sp³-hybridized carbons (Fsp3) is 0.185. The van der Waals surface area contributed by atoms with Crippen LogP contribution in [-0.2, 0) is 14.8 Å². The summed E-state index contributed by atoms with van der Waals surface area (Å²) in [6.07, 6.45) is 0. The van der Waals surface area contributed by atoms with Gasteiger partial charge >= 0.3 is 0 Å². The molecule has 0 bridgehead atoms. The molecule has 5 rings (SSSR count). The molecule has 0 amide bonds. The van der Waals surface area contributed by atoms with Gasteiger partial charge in [0.05, 0.1) is 18.1 Å². The highest BCUT2D eigenvalue weighted by atomic mass is 32.2. The number of sulfonamides is 1. The van der Waals surface area contributed by atoms with Crippen LogP contribution in [-0.4, -0.2) is 44.7 Å². The van der Waals surface area contributed by atoms with Crippen molar-refractivity contribution in [3.63, 3.8) is 0 Å². The zero-order valence-electron chi connectivity index (χ0n) is 20.3. The Labute approximate surface area is 216 Å².